The second kappa shape index (κ2) is 12.0. The zero-order valence-electron chi connectivity index (χ0n) is 14.9. The highest BCUT2D eigenvalue weighted by Crippen LogP contribution is 2.14. The summed E-state index contributed by atoms with van der Waals surface area (Å²) in [5, 5.41) is 11.0. The molecular weight excluding hydrogens is 323 g/mol. The van der Waals surface area contributed by atoms with E-state index in [1.54, 1.807) is 37.2 Å². The van der Waals surface area contributed by atoms with Crippen LogP contribution in [0.25, 0.3) is 0 Å². The van der Waals surface area contributed by atoms with Crippen LogP contribution in [-0.4, -0.2) is 37.0 Å². The summed E-state index contributed by atoms with van der Waals surface area (Å²) >= 11 is 0. The van der Waals surface area contributed by atoms with E-state index in [4.69, 9.17) is 10.1 Å². The number of carbonyl (C=O) groups is 1. The van der Waals surface area contributed by atoms with Crippen LogP contribution in [0.2, 0.25) is 0 Å². The molecule has 0 bridgehead atoms. The van der Waals surface area contributed by atoms with Gasteiger partial charge in [0.05, 0.1) is 12.8 Å². The third-order valence-electron chi connectivity index (χ3n) is 3.50. The summed E-state index contributed by atoms with van der Waals surface area (Å²) in [5.41, 5.74) is 0. The number of nitrogens with zero attached hydrogens (tertiary/aromatic N) is 2. The van der Waals surface area contributed by atoms with Gasteiger partial charge in [0, 0.05) is 20.0 Å². The predicted octanol–water partition coefficient (Wildman–Crippen LogP) is 3.25. The van der Waals surface area contributed by atoms with Crippen LogP contribution >= 0.6 is 0 Å². The van der Waals surface area contributed by atoms with Gasteiger partial charge in [0.2, 0.25) is 0 Å². The smallest absolute Gasteiger partial charge is 0.305 e. The van der Waals surface area contributed by atoms with Crippen LogP contribution in [0.15, 0.2) is 30.6 Å². The van der Waals surface area contributed by atoms with E-state index < -0.39 is 5.82 Å². The molecule has 7 heteroatoms. The Hall–Kier alpha value is -2.44. The average molecular weight is 350 g/mol. The quantitative estimate of drug-likeness (QED) is 0.277. The predicted molar refractivity (Wildman–Crippen MR) is 97.2 cm³/mol. The maximum atomic E-state index is 13.1. The monoisotopic (exact) mass is 350 g/mol. The van der Waals surface area contributed by atoms with Crippen LogP contribution in [0.5, 0.6) is 0 Å². The minimum absolute atomic E-state index is 0.154. The number of hydrogen-bond donors (Lipinski definition) is 2. The Balaban J connectivity index is 2.48. The molecule has 0 fully saturated rings. The van der Waals surface area contributed by atoms with Crippen molar-refractivity contribution in [2.45, 2.75) is 39.0 Å². The van der Waals surface area contributed by atoms with Gasteiger partial charge in [0.1, 0.15) is 17.5 Å². The lowest BCUT2D eigenvalue weighted by molar-refractivity contribution is -0.143. The highest BCUT2D eigenvalue weighted by Gasteiger charge is 2.11. The highest BCUT2D eigenvalue weighted by atomic mass is 19.1. The van der Waals surface area contributed by atoms with Crippen molar-refractivity contribution < 1.29 is 13.9 Å². The van der Waals surface area contributed by atoms with E-state index in [-0.39, 0.29) is 11.8 Å². The summed E-state index contributed by atoms with van der Waals surface area (Å²) in [5.74, 6) is 0.261. The summed E-state index contributed by atoms with van der Waals surface area (Å²) < 4.78 is 18.0. The lowest BCUT2D eigenvalue weighted by Gasteiger charge is -2.22. The maximum Gasteiger partial charge on any atom is 0.305 e. The van der Waals surface area contributed by atoms with Crippen LogP contribution < -0.4 is 10.2 Å². The zero-order chi connectivity index (χ0) is 18.5. The largest absolute Gasteiger partial charge is 0.466 e. The van der Waals surface area contributed by atoms with Gasteiger partial charge in [-0.15, -0.1) is 0 Å². The van der Waals surface area contributed by atoms with Gasteiger partial charge in [-0.1, -0.05) is 12.8 Å². The minimum atomic E-state index is -0.403. The van der Waals surface area contributed by atoms with E-state index in [0.717, 1.165) is 31.9 Å². The number of halogens is 1. The first-order valence-corrected chi connectivity index (χ1v) is 8.55. The van der Waals surface area contributed by atoms with Gasteiger partial charge in [0.15, 0.2) is 0 Å². The third-order valence-corrected chi connectivity index (χ3v) is 3.50. The Morgan fingerprint density at radius 1 is 1.36 bits per heavy atom. The van der Waals surface area contributed by atoms with E-state index in [0.29, 0.717) is 25.4 Å². The number of aromatic nitrogens is 1. The number of pyridine rings is 1. The number of anilines is 1. The summed E-state index contributed by atoms with van der Waals surface area (Å²) in [4.78, 5) is 17.1. The Morgan fingerprint density at radius 2 is 2.12 bits per heavy atom. The molecule has 0 amide bonds. The summed E-state index contributed by atoms with van der Waals surface area (Å²) in [6.07, 6.45) is 8.38. The number of rotatable bonds is 11. The second-order valence-electron chi connectivity index (χ2n) is 5.46. The summed E-state index contributed by atoms with van der Waals surface area (Å²) in [6.45, 7) is 2.82. The van der Waals surface area contributed by atoms with Crippen LogP contribution in [-0.2, 0) is 9.53 Å². The van der Waals surface area contributed by atoms with Crippen molar-refractivity contribution in [2.75, 3.05) is 25.1 Å². The molecule has 0 aliphatic rings. The molecule has 25 heavy (non-hydrogen) atoms. The molecule has 0 aliphatic carbocycles. The molecule has 0 saturated carbocycles. The van der Waals surface area contributed by atoms with Crippen LogP contribution in [0.4, 0.5) is 10.2 Å². The van der Waals surface area contributed by atoms with Crippen molar-refractivity contribution in [1.82, 2.24) is 10.3 Å². The molecule has 1 rings (SSSR count). The first-order chi connectivity index (χ1) is 12.1. The molecule has 1 aromatic heterocycles. The standard InChI is InChI=1S/C18H27FN4O2/c1-3-25-18(24)8-6-4-5-7-13-23(16(20)11-12-21-2)17-10-9-15(19)14-22-17/h9-12,14,20-21H,3-8,13H2,1-2H3/b12-11-,20-16?. The van der Waals surface area contributed by atoms with E-state index in [2.05, 4.69) is 10.3 Å². The topological polar surface area (TPSA) is 78.3 Å². The van der Waals surface area contributed by atoms with Gasteiger partial charge in [-0.2, -0.15) is 0 Å². The number of carbonyl (C=O) groups excluding carboxylic acids is 1. The Kier molecular flexibility index (Phi) is 9.89. The molecule has 0 unspecified atom stereocenters. The van der Waals surface area contributed by atoms with Crippen LogP contribution in [0.1, 0.15) is 39.0 Å². The maximum absolute atomic E-state index is 13.1. The lowest BCUT2D eigenvalue weighted by Crippen LogP contribution is -2.31. The fourth-order valence-electron chi connectivity index (χ4n) is 2.26. The van der Waals surface area contributed by atoms with Crippen LogP contribution in [0, 0.1) is 11.2 Å². The normalized spacial score (nSPS) is 10.7. The van der Waals surface area contributed by atoms with Crippen molar-refractivity contribution in [3.63, 3.8) is 0 Å². The van der Waals surface area contributed by atoms with Gasteiger partial charge in [-0.25, -0.2) is 9.37 Å². The van der Waals surface area contributed by atoms with Crippen molar-refractivity contribution in [2.24, 2.45) is 0 Å². The van der Waals surface area contributed by atoms with Crippen LogP contribution in [0.3, 0.4) is 0 Å². The minimum Gasteiger partial charge on any atom is -0.466 e. The van der Waals surface area contributed by atoms with Crippen molar-refractivity contribution in [3.05, 3.63) is 36.4 Å². The highest BCUT2D eigenvalue weighted by molar-refractivity contribution is 6.02. The van der Waals surface area contributed by atoms with Gasteiger partial charge in [-0.05, 0) is 44.2 Å². The molecule has 1 aromatic rings. The SMILES string of the molecule is CCOC(=O)CCCCCCN(C(=N)/C=C\NC)c1ccc(F)cn1. The second-order valence-corrected chi connectivity index (χ2v) is 5.46. The van der Waals surface area contributed by atoms with E-state index >= 15 is 0 Å². The number of hydrogen-bond acceptors (Lipinski definition) is 5. The first kappa shape index (κ1) is 20.6. The van der Waals surface area contributed by atoms with Gasteiger partial charge in [0.25, 0.3) is 0 Å². The van der Waals surface area contributed by atoms with Gasteiger partial charge >= 0.3 is 5.97 Å². The van der Waals surface area contributed by atoms with E-state index in [1.807, 2.05) is 0 Å². The molecule has 6 nitrogen and oxygen atoms in total. The summed E-state index contributed by atoms with van der Waals surface area (Å²) in [7, 11) is 1.76. The molecule has 0 spiro atoms. The number of amidine groups is 1. The zero-order valence-corrected chi connectivity index (χ0v) is 14.9. The summed E-state index contributed by atoms with van der Waals surface area (Å²) in [6, 6.07) is 2.90. The molecule has 2 N–H and O–H groups in total. The molecule has 0 aliphatic heterocycles. The fraction of sp³-hybridized carbons (Fsp3) is 0.500. The van der Waals surface area contributed by atoms with Crippen molar-refractivity contribution >= 4 is 17.6 Å². The molecular formula is C18H27FN4O2. The van der Waals surface area contributed by atoms with Gasteiger partial charge < -0.3 is 15.0 Å². The van der Waals surface area contributed by atoms with Crippen molar-refractivity contribution in [1.29, 1.82) is 5.41 Å². The number of unbranched alkanes of at least 4 members (excludes halogenated alkanes) is 3. The third kappa shape index (κ3) is 8.28. The lowest BCUT2D eigenvalue weighted by atomic mass is 10.1. The molecule has 0 saturated heterocycles. The molecule has 0 atom stereocenters. The molecule has 0 radical (unpaired) electrons. The Morgan fingerprint density at radius 3 is 2.76 bits per heavy atom. The molecule has 1 heterocycles. The Bertz CT molecular complexity index is 561. The molecule has 0 aromatic carbocycles. The van der Waals surface area contributed by atoms with E-state index in [1.165, 1.54) is 6.07 Å². The average Bonchev–Trinajstić information content (AvgIpc) is 2.60. The first-order valence-electron chi connectivity index (χ1n) is 8.55. The molecule has 138 valence electrons. The Labute approximate surface area is 148 Å². The van der Waals surface area contributed by atoms with Gasteiger partial charge in [-0.3, -0.25) is 10.2 Å². The fourth-order valence-corrected chi connectivity index (χ4v) is 2.26. The number of esters is 1. The van der Waals surface area contributed by atoms with Crippen molar-refractivity contribution in [3.8, 4) is 0 Å². The van der Waals surface area contributed by atoms with E-state index in [9.17, 15) is 9.18 Å². The number of nitrogens with one attached hydrogen (secondary N) is 2. The number of ether oxygens (including phenoxy) is 1.